The molecule has 0 aliphatic carbocycles. The molecule has 2 aromatic rings. The molecule has 1 aliphatic rings. The number of rotatable bonds is 5. The van der Waals surface area contributed by atoms with Crippen molar-refractivity contribution in [3.63, 3.8) is 0 Å². The number of hydrogen-bond donors (Lipinski definition) is 2. The van der Waals surface area contributed by atoms with E-state index in [9.17, 15) is 13.2 Å². The number of carbonyl (C=O) groups excluding carboxylic acids is 1. The molecular weight excluding hydrogens is 428 g/mol. The predicted octanol–water partition coefficient (Wildman–Crippen LogP) is 2.11. The van der Waals surface area contributed by atoms with E-state index in [-0.39, 0.29) is 16.6 Å². The fraction of sp³-hybridized carbons (Fsp3) is 0.263. The van der Waals surface area contributed by atoms with Crippen LogP contribution in [-0.4, -0.2) is 55.5 Å². The molecule has 0 atom stereocenters. The minimum atomic E-state index is -3.75. The summed E-state index contributed by atoms with van der Waals surface area (Å²) >= 11 is 6.81. The van der Waals surface area contributed by atoms with Crippen LogP contribution in [-0.2, 0) is 14.8 Å². The predicted molar refractivity (Wildman–Crippen MR) is 122 cm³/mol. The normalized spacial score (nSPS) is 14.5. The van der Waals surface area contributed by atoms with E-state index in [2.05, 4.69) is 27.2 Å². The van der Waals surface area contributed by atoms with Crippen molar-refractivity contribution in [2.75, 3.05) is 42.1 Å². The number of hydrogen-bond acceptors (Lipinski definition) is 6. The van der Waals surface area contributed by atoms with E-state index >= 15 is 0 Å². The first-order valence-electron chi connectivity index (χ1n) is 8.97. The van der Waals surface area contributed by atoms with E-state index in [1.54, 1.807) is 0 Å². The highest BCUT2D eigenvalue weighted by Crippen LogP contribution is 2.19. The van der Waals surface area contributed by atoms with Crippen molar-refractivity contribution < 1.29 is 13.2 Å². The van der Waals surface area contributed by atoms with Crippen LogP contribution in [0, 0.1) is 0 Å². The fourth-order valence-electron chi connectivity index (χ4n) is 2.93. The maximum atomic E-state index is 12.2. The Morgan fingerprint density at radius 3 is 2.24 bits per heavy atom. The van der Waals surface area contributed by atoms with Crippen LogP contribution in [0.1, 0.15) is 0 Å². The molecule has 3 rings (SSSR count). The number of sulfonamides is 1. The average molecular weight is 451 g/mol. The summed E-state index contributed by atoms with van der Waals surface area (Å²) in [6.07, 6.45) is 0. The molecule has 2 aromatic carbocycles. The van der Waals surface area contributed by atoms with Crippen molar-refractivity contribution >= 4 is 55.6 Å². The minimum absolute atomic E-state index is 0.000645. The van der Waals surface area contributed by atoms with Crippen molar-refractivity contribution in [3.05, 3.63) is 54.6 Å². The van der Waals surface area contributed by atoms with Gasteiger partial charge in [0.15, 0.2) is 0 Å². The molecule has 3 N–H and O–H groups in total. The van der Waals surface area contributed by atoms with Crippen molar-refractivity contribution in [3.8, 4) is 0 Å². The molecular formula is C19H22N4O3S3. The Kier molecular flexibility index (Phi) is 7.12. The number of primary sulfonamides is 1. The summed E-state index contributed by atoms with van der Waals surface area (Å²) in [6.45, 7) is 3.40. The smallest absolute Gasteiger partial charge is 0.238 e. The number of para-hydroxylation sites is 1. The van der Waals surface area contributed by atoms with Crippen LogP contribution in [0.25, 0.3) is 0 Å². The lowest BCUT2D eigenvalue weighted by molar-refractivity contribution is -0.113. The molecule has 1 aliphatic heterocycles. The van der Waals surface area contributed by atoms with E-state index in [4.69, 9.17) is 17.4 Å². The summed E-state index contributed by atoms with van der Waals surface area (Å²) in [7, 11) is -3.75. The lowest BCUT2D eigenvalue weighted by Crippen LogP contribution is -2.47. The maximum absolute atomic E-state index is 12.2. The van der Waals surface area contributed by atoms with Gasteiger partial charge in [0.2, 0.25) is 15.9 Å². The van der Waals surface area contributed by atoms with Crippen molar-refractivity contribution in [2.45, 2.75) is 4.90 Å². The molecule has 1 heterocycles. The zero-order valence-electron chi connectivity index (χ0n) is 15.7. The third-order valence-corrected chi connectivity index (χ3v) is 6.91. The molecule has 0 unspecified atom stereocenters. The summed E-state index contributed by atoms with van der Waals surface area (Å²) < 4.78 is 23.2. The molecule has 0 aromatic heterocycles. The third-order valence-electron chi connectivity index (χ3n) is 4.45. The highest BCUT2D eigenvalue weighted by molar-refractivity contribution is 8.23. The Bertz CT molecular complexity index is 958. The van der Waals surface area contributed by atoms with Gasteiger partial charge in [-0.15, -0.1) is 0 Å². The number of carbonyl (C=O) groups is 1. The van der Waals surface area contributed by atoms with E-state index in [0.717, 1.165) is 26.2 Å². The molecule has 29 heavy (non-hydrogen) atoms. The van der Waals surface area contributed by atoms with Gasteiger partial charge in [-0.3, -0.25) is 4.79 Å². The Hall–Kier alpha value is -2.14. The van der Waals surface area contributed by atoms with Crippen LogP contribution in [0.2, 0.25) is 0 Å². The molecule has 1 saturated heterocycles. The topological polar surface area (TPSA) is 95.7 Å². The van der Waals surface area contributed by atoms with Gasteiger partial charge in [-0.2, -0.15) is 0 Å². The van der Waals surface area contributed by atoms with Gasteiger partial charge in [-0.25, -0.2) is 13.6 Å². The van der Waals surface area contributed by atoms with Gasteiger partial charge >= 0.3 is 0 Å². The van der Waals surface area contributed by atoms with Crippen LogP contribution in [0.5, 0.6) is 0 Å². The standard InChI is InChI=1S/C19H22N4O3S3/c20-29(25,26)17-8-6-15(7-9-17)21-18(24)14-28-19(27)23-12-10-22(11-13-23)16-4-2-1-3-5-16/h1-9H,10-14H2,(H,21,24)(H2,20,25,26). The van der Waals surface area contributed by atoms with Crippen LogP contribution in [0.15, 0.2) is 59.5 Å². The second-order valence-corrected chi connectivity index (χ2v) is 9.65. The Morgan fingerprint density at radius 2 is 1.66 bits per heavy atom. The maximum Gasteiger partial charge on any atom is 0.238 e. The summed E-state index contributed by atoms with van der Waals surface area (Å²) in [6, 6.07) is 16.0. The quantitative estimate of drug-likeness (QED) is 0.674. The summed E-state index contributed by atoms with van der Waals surface area (Å²) in [5.41, 5.74) is 1.71. The van der Waals surface area contributed by atoms with Crippen LogP contribution in [0.4, 0.5) is 11.4 Å². The number of amides is 1. The van der Waals surface area contributed by atoms with Crippen molar-refractivity contribution in [2.24, 2.45) is 5.14 Å². The molecule has 1 amide bonds. The van der Waals surface area contributed by atoms with Gasteiger partial charge in [0, 0.05) is 37.6 Å². The summed E-state index contributed by atoms with van der Waals surface area (Å²) in [4.78, 5) is 16.6. The van der Waals surface area contributed by atoms with E-state index in [1.165, 1.54) is 41.7 Å². The summed E-state index contributed by atoms with van der Waals surface area (Å²) in [5.74, 6) is -0.0158. The third kappa shape index (κ3) is 6.17. The van der Waals surface area contributed by atoms with Gasteiger partial charge in [-0.05, 0) is 36.4 Å². The number of nitrogens with one attached hydrogen (secondary N) is 1. The second kappa shape index (κ2) is 9.57. The van der Waals surface area contributed by atoms with Gasteiger partial charge < -0.3 is 15.1 Å². The molecule has 7 nitrogen and oxygen atoms in total. The monoisotopic (exact) mass is 450 g/mol. The second-order valence-electron chi connectivity index (χ2n) is 6.48. The average Bonchev–Trinajstić information content (AvgIpc) is 2.72. The van der Waals surface area contributed by atoms with Gasteiger partial charge in [0.25, 0.3) is 0 Å². The van der Waals surface area contributed by atoms with Crippen LogP contribution in [0.3, 0.4) is 0 Å². The number of thioether (sulfide) groups is 1. The van der Waals surface area contributed by atoms with Crippen molar-refractivity contribution in [1.29, 1.82) is 0 Å². The molecule has 0 saturated carbocycles. The molecule has 0 bridgehead atoms. The number of anilines is 2. The SMILES string of the molecule is NS(=O)(=O)c1ccc(NC(=O)CSC(=S)N2CCN(c3ccccc3)CC2)cc1. The summed E-state index contributed by atoms with van der Waals surface area (Å²) in [5, 5.41) is 7.79. The van der Waals surface area contributed by atoms with E-state index in [0.29, 0.717) is 10.0 Å². The molecule has 10 heteroatoms. The molecule has 154 valence electrons. The Balaban J connectivity index is 1.43. The number of benzene rings is 2. The Labute approximate surface area is 180 Å². The molecule has 0 radical (unpaired) electrons. The minimum Gasteiger partial charge on any atom is -0.368 e. The van der Waals surface area contributed by atoms with Crippen LogP contribution >= 0.6 is 24.0 Å². The zero-order valence-corrected chi connectivity index (χ0v) is 18.1. The molecule has 0 spiro atoms. The fourth-order valence-corrected chi connectivity index (χ4v) is 4.50. The lowest BCUT2D eigenvalue weighted by Gasteiger charge is -2.37. The highest BCUT2D eigenvalue weighted by atomic mass is 32.2. The zero-order chi connectivity index (χ0) is 20.9. The lowest BCUT2D eigenvalue weighted by atomic mass is 10.2. The van der Waals surface area contributed by atoms with Gasteiger partial charge in [-0.1, -0.05) is 42.2 Å². The Morgan fingerprint density at radius 1 is 1.03 bits per heavy atom. The highest BCUT2D eigenvalue weighted by Gasteiger charge is 2.20. The number of nitrogens with two attached hydrogens (primary N) is 1. The first-order valence-corrected chi connectivity index (χ1v) is 11.9. The largest absolute Gasteiger partial charge is 0.368 e. The number of piperazine rings is 1. The number of thiocarbonyl (C=S) groups is 1. The molecule has 1 fully saturated rings. The van der Waals surface area contributed by atoms with Gasteiger partial charge in [0.05, 0.1) is 10.6 Å². The van der Waals surface area contributed by atoms with Gasteiger partial charge in [0.1, 0.15) is 4.32 Å². The number of nitrogens with zero attached hydrogens (tertiary/aromatic N) is 2. The first kappa shape index (κ1) is 21.6. The van der Waals surface area contributed by atoms with E-state index in [1.807, 2.05) is 18.2 Å². The van der Waals surface area contributed by atoms with E-state index < -0.39 is 10.0 Å². The van der Waals surface area contributed by atoms with Crippen molar-refractivity contribution in [1.82, 2.24) is 4.90 Å². The first-order chi connectivity index (χ1) is 13.8. The van der Waals surface area contributed by atoms with Crippen LogP contribution < -0.4 is 15.4 Å².